The number of imide groups is 1. The number of alkyl halides is 6. The van der Waals surface area contributed by atoms with Crippen LogP contribution in [0.25, 0.3) is 17.3 Å². The number of thioether (sulfide) groups is 1. The molecule has 0 aliphatic carbocycles. The van der Waals surface area contributed by atoms with Crippen molar-refractivity contribution < 1.29 is 35.9 Å². The Morgan fingerprint density at radius 2 is 1.77 bits per heavy atom. The van der Waals surface area contributed by atoms with Gasteiger partial charge < -0.3 is 10.2 Å². The molecule has 2 amide bonds. The molecule has 3 aromatic rings. The van der Waals surface area contributed by atoms with Crippen LogP contribution in [0.15, 0.2) is 47.5 Å². The van der Waals surface area contributed by atoms with E-state index in [9.17, 15) is 35.9 Å². The van der Waals surface area contributed by atoms with Crippen molar-refractivity contribution >= 4 is 34.9 Å². The van der Waals surface area contributed by atoms with Crippen LogP contribution in [0.5, 0.6) is 0 Å². The summed E-state index contributed by atoms with van der Waals surface area (Å²) in [6.07, 6.45) is -5.13. The van der Waals surface area contributed by atoms with Gasteiger partial charge in [-0.2, -0.15) is 26.3 Å². The van der Waals surface area contributed by atoms with Gasteiger partial charge in [-0.05, 0) is 86.0 Å². The van der Waals surface area contributed by atoms with Crippen molar-refractivity contribution in [2.75, 3.05) is 24.5 Å². The number of anilines is 1. The second kappa shape index (κ2) is 12.6. The number of piperidine rings is 1. The number of nitrogens with zero attached hydrogens (tertiary/aromatic N) is 4. The third-order valence-corrected chi connectivity index (χ3v) is 7.98. The van der Waals surface area contributed by atoms with Crippen LogP contribution in [0.3, 0.4) is 0 Å². The monoisotopic (exact) mass is 636 g/mol. The first kappa shape index (κ1) is 31.4. The molecular weight excluding hydrogens is 610 g/mol. The summed E-state index contributed by atoms with van der Waals surface area (Å²) < 4.78 is 80.5. The first-order valence-corrected chi connectivity index (χ1v) is 14.4. The maximum atomic E-state index is 13.7. The Morgan fingerprint density at radius 1 is 1.02 bits per heavy atom. The molecule has 0 saturated carbocycles. The predicted molar refractivity (Wildman–Crippen MR) is 152 cm³/mol. The second-order valence-electron chi connectivity index (χ2n) is 10.5. The van der Waals surface area contributed by atoms with E-state index in [-0.39, 0.29) is 23.2 Å². The minimum atomic E-state index is -5.00. The average molecular weight is 637 g/mol. The van der Waals surface area contributed by atoms with Crippen LogP contribution < -0.4 is 15.5 Å². The van der Waals surface area contributed by atoms with E-state index in [1.165, 1.54) is 6.07 Å². The van der Waals surface area contributed by atoms with Gasteiger partial charge >= 0.3 is 12.4 Å². The lowest BCUT2D eigenvalue weighted by Crippen LogP contribution is -2.38. The van der Waals surface area contributed by atoms with Crippen LogP contribution >= 0.6 is 11.8 Å². The third kappa shape index (κ3) is 7.56. The van der Waals surface area contributed by atoms with Gasteiger partial charge in [0.2, 0.25) is 5.95 Å². The number of aromatic nitrogens is 3. The van der Waals surface area contributed by atoms with Crippen LogP contribution in [0.1, 0.15) is 40.9 Å². The van der Waals surface area contributed by atoms with E-state index in [2.05, 4.69) is 25.6 Å². The molecule has 5 rings (SSSR count). The maximum absolute atomic E-state index is 13.7. The Hall–Kier alpha value is -3.98. The first-order valence-electron chi connectivity index (χ1n) is 13.6. The summed E-state index contributed by atoms with van der Waals surface area (Å²) in [5.41, 5.74) is -1.61. The molecule has 1 aromatic carbocycles. The maximum Gasteiger partial charge on any atom is 0.417 e. The number of pyridine rings is 1. The number of halogens is 6. The number of rotatable bonds is 7. The predicted octanol–water partition coefficient (Wildman–Crippen LogP) is 6.21. The fraction of sp³-hybridized carbons (Fsp3) is 0.345. The molecule has 0 spiro atoms. The molecule has 8 nitrogen and oxygen atoms in total. The standard InChI is InChI=1S/C29H26F6N6O2S/c1-16-10-20(38-23(11-16)21-3-2-18(28(30,31)32)12-22(21)29(33,34)35)15-36-14-17-5-8-41(9-6-17)26-37-7-4-19(39-26)13-24-25(42)40-27(43)44-24/h2-4,7,10-13,17,36H,5-6,8-9,14-15H2,1H3,(H,40,42,43). The van der Waals surface area contributed by atoms with Gasteiger partial charge in [0.1, 0.15) is 0 Å². The summed E-state index contributed by atoms with van der Waals surface area (Å²) in [4.78, 5) is 38.7. The van der Waals surface area contributed by atoms with E-state index < -0.39 is 40.2 Å². The molecule has 2 fully saturated rings. The van der Waals surface area contributed by atoms with E-state index in [1.807, 2.05) is 4.90 Å². The van der Waals surface area contributed by atoms with Gasteiger partial charge in [0.15, 0.2) is 0 Å². The van der Waals surface area contributed by atoms with Gasteiger partial charge in [-0.25, -0.2) is 9.97 Å². The van der Waals surface area contributed by atoms with Crippen LogP contribution in [0.2, 0.25) is 0 Å². The van der Waals surface area contributed by atoms with Crippen LogP contribution in [0, 0.1) is 12.8 Å². The number of aryl methyl sites for hydroxylation is 1. The van der Waals surface area contributed by atoms with E-state index in [0.717, 1.165) is 30.7 Å². The third-order valence-electron chi connectivity index (χ3n) is 7.17. The largest absolute Gasteiger partial charge is 0.417 e. The number of amides is 2. The summed E-state index contributed by atoms with van der Waals surface area (Å²) in [6, 6.07) is 6.37. The van der Waals surface area contributed by atoms with Crippen LogP contribution in [-0.4, -0.2) is 45.7 Å². The fourth-order valence-corrected chi connectivity index (χ4v) is 5.70. The molecule has 0 bridgehead atoms. The zero-order valence-corrected chi connectivity index (χ0v) is 24.0. The summed E-state index contributed by atoms with van der Waals surface area (Å²) in [5.74, 6) is 0.354. The molecule has 2 saturated heterocycles. The molecular formula is C29H26F6N6O2S. The zero-order valence-electron chi connectivity index (χ0n) is 23.2. The highest BCUT2D eigenvalue weighted by Crippen LogP contribution is 2.40. The quantitative estimate of drug-likeness (QED) is 0.233. The molecule has 2 aliphatic rings. The van der Waals surface area contributed by atoms with Crippen molar-refractivity contribution in [2.45, 2.75) is 38.7 Å². The van der Waals surface area contributed by atoms with Gasteiger partial charge in [-0.15, -0.1) is 0 Å². The van der Waals surface area contributed by atoms with Gasteiger partial charge in [-0.1, -0.05) is 6.07 Å². The highest BCUT2D eigenvalue weighted by atomic mass is 32.2. The van der Waals surface area contributed by atoms with E-state index in [1.54, 1.807) is 31.3 Å². The van der Waals surface area contributed by atoms with Crippen LogP contribution in [-0.2, 0) is 23.7 Å². The smallest absolute Gasteiger partial charge is 0.341 e. The number of carbonyl (C=O) groups excluding carboxylic acids is 2. The van der Waals surface area contributed by atoms with Crippen molar-refractivity contribution in [2.24, 2.45) is 5.92 Å². The number of nitrogens with one attached hydrogen (secondary N) is 2. The van der Waals surface area contributed by atoms with Crippen molar-refractivity contribution in [3.05, 3.63) is 75.6 Å². The lowest BCUT2D eigenvalue weighted by Gasteiger charge is -2.32. The summed E-state index contributed by atoms with van der Waals surface area (Å²) in [6.45, 7) is 3.95. The van der Waals surface area contributed by atoms with Crippen molar-refractivity contribution in [3.63, 3.8) is 0 Å². The molecule has 2 aromatic heterocycles. The number of carbonyl (C=O) groups is 2. The minimum Gasteiger partial charge on any atom is -0.341 e. The molecule has 0 unspecified atom stereocenters. The van der Waals surface area contributed by atoms with Crippen molar-refractivity contribution in [1.82, 2.24) is 25.6 Å². The van der Waals surface area contributed by atoms with Gasteiger partial charge in [-0.3, -0.25) is 19.9 Å². The summed E-state index contributed by atoms with van der Waals surface area (Å²) >= 11 is 0.813. The minimum absolute atomic E-state index is 0.0483. The van der Waals surface area contributed by atoms with Crippen molar-refractivity contribution in [3.8, 4) is 11.3 Å². The molecule has 232 valence electrons. The van der Waals surface area contributed by atoms with Gasteiger partial charge in [0.25, 0.3) is 11.1 Å². The molecule has 15 heteroatoms. The topological polar surface area (TPSA) is 100 Å². The molecule has 2 N–H and O–H groups in total. The van der Waals surface area contributed by atoms with Gasteiger partial charge in [0.05, 0.1) is 33.1 Å². The van der Waals surface area contributed by atoms with E-state index in [4.69, 9.17) is 0 Å². The first-order chi connectivity index (χ1) is 20.8. The molecule has 2 aliphatic heterocycles. The fourth-order valence-electron chi connectivity index (χ4n) is 5.04. The zero-order chi connectivity index (χ0) is 31.6. The lowest BCUT2D eigenvalue weighted by atomic mass is 9.97. The number of benzene rings is 1. The Balaban J connectivity index is 1.19. The molecule has 0 radical (unpaired) electrons. The molecule has 44 heavy (non-hydrogen) atoms. The van der Waals surface area contributed by atoms with E-state index >= 15 is 0 Å². The highest BCUT2D eigenvalue weighted by Gasteiger charge is 2.38. The van der Waals surface area contributed by atoms with Crippen molar-refractivity contribution in [1.29, 1.82) is 0 Å². The Bertz CT molecular complexity index is 1600. The Morgan fingerprint density at radius 3 is 2.43 bits per heavy atom. The SMILES string of the molecule is Cc1cc(CNCC2CCN(c3nccc(C=C4SC(=O)NC4=O)n3)CC2)nc(-c2ccc(C(F)(F)F)cc2C(F)(F)F)c1. The van der Waals surface area contributed by atoms with E-state index in [0.29, 0.717) is 54.5 Å². The number of hydrogen-bond donors (Lipinski definition) is 2. The normalized spacial score (nSPS) is 17.4. The Labute approximate surface area is 252 Å². The van der Waals surface area contributed by atoms with Crippen LogP contribution in [0.4, 0.5) is 37.1 Å². The summed E-state index contributed by atoms with van der Waals surface area (Å²) in [5, 5.41) is 5.08. The van der Waals surface area contributed by atoms with Gasteiger partial charge in [0, 0.05) is 31.4 Å². The lowest BCUT2D eigenvalue weighted by molar-refractivity contribution is -0.142. The second-order valence-corrected chi connectivity index (χ2v) is 11.5. The Kier molecular flexibility index (Phi) is 8.97. The highest BCUT2D eigenvalue weighted by molar-refractivity contribution is 8.18. The molecule has 4 heterocycles. The average Bonchev–Trinajstić information content (AvgIpc) is 3.27. The summed E-state index contributed by atoms with van der Waals surface area (Å²) in [7, 11) is 0. The number of hydrogen-bond acceptors (Lipinski definition) is 8. The molecule has 0 atom stereocenters.